The van der Waals surface area contributed by atoms with E-state index >= 15 is 0 Å². The minimum Gasteiger partial charge on any atom is -0.491 e. The van der Waals surface area contributed by atoms with E-state index < -0.39 is 5.41 Å². The third-order valence-electron chi connectivity index (χ3n) is 6.08. The predicted molar refractivity (Wildman–Crippen MR) is 110 cm³/mol. The molecule has 2 aromatic carbocycles. The maximum atomic E-state index is 14.0. The lowest BCUT2D eigenvalue weighted by molar-refractivity contribution is -0.122. The van der Waals surface area contributed by atoms with Crippen LogP contribution in [-0.4, -0.2) is 30.7 Å². The van der Waals surface area contributed by atoms with Gasteiger partial charge in [-0.1, -0.05) is 6.07 Å². The van der Waals surface area contributed by atoms with E-state index in [0.717, 1.165) is 22.5 Å². The Hall–Kier alpha value is -4.05. The van der Waals surface area contributed by atoms with Gasteiger partial charge in [-0.2, -0.15) is 5.26 Å². The lowest BCUT2D eigenvalue weighted by Gasteiger charge is -2.24. The summed E-state index contributed by atoms with van der Waals surface area (Å²) in [5, 5.41) is 9.49. The Morgan fingerprint density at radius 2 is 1.84 bits per heavy atom. The monoisotopic (exact) mass is 411 g/mol. The third-order valence-corrected chi connectivity index (χ3v) is 6.08. The van der Waals surface area contributed by atoms with Crippen molar-refractivity contribution in [2.24, 2.45) is 0 Å². The number of aromatic nitrogens is 1. The minimum atomic E-state index is -1.04. The van der Waals surface area contributed by atoms with Crippen LogP contribution < -0.4 is 19.1 Å². The van der Waals surface area contributed by atoms with E-state index in [1.807, 2.05) is 30.3 Å². The van der Waals surface area contributed by atoms with Crippen molar-refractivity contribution in [1.29, 1.82) is 5.26 Å². The highest BCUT2D eigenvalue weighted by Gasteiger charge is 2.57. The van der Waals surface area contributed by atoms with Crippen LogP contribution in [0, 0.1) is 11.3 Å². The van der Waals surface area contributed by atoms with Crippen molar-refractivity contribution in [3.05, 3.63) is 77.1 Å². The van der Waals surface area contributed by atoms with Crippen LogP contribution in [0.15, 0.2) is 54.7 Å². The molecule has 6 rings (SSSR count). The molecule has 1 atom stereocenters. The summed E-state index contributed by atoms with van der Waals surface area (Å²) in [6, 6.07) is 16.8. The second-order valence-corrected chi connectivity index (χ2v) is 7.74. The van der Waals surface area contributed by atoms with Gasteiger partial charge in [-0.3, -0.25) is 9.78 Å². The van der Waals surface area contributed by atoms with Crippen LogP contribution in [0.3, 0.4) is 0 Å². The number of amides is 1. The summed E-state index contributed by atoms with van der Waals surface area (Å²) >= 11 is 0. The van der Waals surface area contributed by atoms with Gasteiger partial charge in [0.05, 0.1) is 23.9 Å². The van der Waals surface area contributed by atoms with Crippen LogP contribution in [0.25, 0.3) is 0 Å². The molecule has 3 aliphatic heterocycles. The Morgan fingerprint density at radius 1 is 1.00 bits per heavy atom. The maximum Gasteiger partial charge on any atom is 0.246 e. The zero-order valence-corrected chi connectivity index (χ0v) is 16.5. The molecule has 1 spiro atoms. The van der Waals surface area contributed by atoms with Gasteiger partial charge < -0.3 is 19.1 Å². The van der Waals surface area contributed by atoms with Crippen molar-refractivity contribution in [3.63, 3.8) is 0 Å². The average molecular weight is 411 g/mol. The van der Waals surface area contributed by atoms with Crippen molar-refractivity contribution < 1.29 is 19.0 Å². The summed E-state index contributed by atoms with van der Waals surface area (Å²) in [6.45, 7) is 1.42. The van der Waals surface area contributed by atoms with Gasteiger partial charge in [0.2, 0.25) is 5.91 Å². The summed E-state index contributed by atoms with van der Waals surface area (Å²) in [5.74, 6) is 1.72. The third kappa shape index (κ3) is 2.45. The number of hydrogen-bond donors (Lipinski definition) is 0. The number of rotatable bonds is 2. The minimum absolute atomic E-state index is 0.0985. The molecule has 0 bridgehead atoms. The number of ether oxygens (including phenoxy) is 3. The lowest BCUT2D eigenvalue weighted by Crippen LogP contribution is -2.42. The van der Waals surface area contributed by atoms with Crippen molar-refractivity contribution in [1.82, 2.24) is 4.98 Å². The molecule has 0 N–H and O–H groups in total. The quantitative estimate of drug-likeness (QED) is 0.645. The molecule has 1 amide bonds. The molecule has 1 unspecified atom stereocenters. The second kappa shape index (κ2) is 6.47. The van der Waals surface area contributed by atoms with Crippen LogP contribution in [0.1, 0.15) is 22.4 Å². The fourth-order valence-electron chi connectivity index (χ4n) is 4.64. The highest BCUT2D eigenvalue weighted by atomic mass is 16.6. The fraction of sp³-hybridized carbons (Fsp3) is 0.208. The lowest BCUT2D eigenvalue weighted by atomic mass is 9.76. The summed E-state index contributed by atoms with van der Waals surface area (Å²) in [7, 11) is 0. The van der Waals surface area contributed by atoms with Crippen LogP contribution >= 0.6 is 0 Å². The largest absolute Gasteiger partial charge is 0.491 e. The Bertz CT molecular complexity index is 1270. The van der Waals surface area contributed by atoms with Gasteiger partial charge in [0.1, 0.15) is 31.0 Å². The Labute approximate surface area is 178 Å². The smallest absolute Gasteiger partial charge is 0.246 e. The Kier molecular flexibility index (Phi) is 3.71. The van der Waals surface area contributed by atoms with Gasteiger partial charge in [-0.25, -0.2) is 0 Å². The van der Waals surface area contributed by atoms with Gasteiger partial charge in [0.15, 0.2) is 11.5 Å². The van der Waals surface area contributed by atoms with Crippen molar-refractivity contribution in [3.8, 4) is 23.3 Å². The molecule has 3 aliphatic rings. The number of anilines is 1. The summed E-state index contributed by atoms with van der Waals surface area (Å²) < 4.78 is 17.5. The molecule has 0 radical (unpaired) electrons. The number of hydrogen-bond acceptors (Lipinski definition) is 6. The second-order valence-electron chi connectivity index (χ2n) is 7.74. The normalized spacial score (nSPS) is 20.2. The average Bonchev–Trinajstić information content (AvgIpc) is 3.30. The van der Waals surface area contributed by atoms with E-state index in [2.05, 4.69) is 11.1 Å². The highest BCUT2D eigenvalue weighted by molar-refractivity contribution is 6.11. The molecular weight excluding hydrogens is 394 g/mol. The number of carbonyl (C=O) groups excluding carboxylic acids is 1. The standard InChI is InChI=1S/C24H17N3O4/c25-12-15-4-5-19-17(9-15)24(23(28)27(19)13-16-3-1-2-6-26-16)14-31-20-11-22-21(10-18(20)24)29-7-8-30-22/h1-6,9-11H,7-8,13-14H2. The highest BCUT2D eigenvalue weighted by Crippen LogP contribution is 2.55. The molecule has 0 aliphatic carbocycles. The molecule has 31 heavy (non-hydrogen) atoms. The van der Waals surface area contributed by atoms with E-state index in [-0.39, 0.29) is 12.5 Å². The van der Waals surface area contributed by atoms with Gasteiger partial charge in [-0.05, 0) is 36.4 Å². The molecule has 0 saturated heterocycles. The molecule has 4 heterocycles. The molecule has 152 valence electrons. The Morgan fingerprint density at radius 3 is 2.61 bits per heavy atom. The summed E-state index contributed by atoms with van der Waals surface area (Å²) in [5.41, 5.74) is 2.51. The number of carbonyl (C=O) groups is 1. The van der Waals surface area contributed by atoms with Crippen LogP contribution in [-0.2, 0) is 16.8 Å². The van der Waals surface area contributed by atoms with Crippen LogP contribution in [0.4, 0.5) is 5.69 Å². The fourth-order valence-corrected chi connectivity index (χ4v) is 4.64. The van der Waals surface area contributed by atoms with Crippen molar-refractivity contribution >= 4 is 11.6 Å². The number of pyridine rings is 1. The first-order valence-corrected chi connectivity index (χ1v) is 10.0. The van der Waals surface area contributed by atoms with Gasteiger partial charge >= 0.3 is 0 Å². The number of nitriles is 1. The molecule has 0 saturated carbocycles. The van der Waals surface area contributed by atoms with Crippen molar-refractivity contribution in [2.75, 3.05) is 24.7 Å². The molecule has 1 aromatic heterocycles. The zero-order chi connectivity index (χ0) is 21.0. The first-order valence-electron chi connectivity index (χ1n) is 10.0. The van der Waals surface area contributed by atoms with E-state index in [1.165, 1.54) is 0 Å². The molecule has 7 nitrogen and oxygen atoms in total. The number of nitrogens with zero attached hydrogens (tertiary/aromatic N) is 3. The predicted octanol–water partition coefficient (Wildman–Crippen LogP) is 2.95. The van der Waals surface area contributed by atoms with Crippen LogP contribution in [0.5, 0.6) is 17.2 Å². The van der Waals surface area contributed by atoms with Gasteiger partial charge in [-0.15, -0.1) is 0 Å². The summed E-state index contributed by atoms with van der Waals surface area (Å²) in [4.78, 5) is 20.1. The van der Waals surface area contributed by atoms with Crippen molar-refractivity contribution in [2.45, 2.75) is 12.0 Å². The van der Waals surface area contributed by atoms with E-state index in [4.69, 9.17) is 14.2 Å². The summed E-state index contributed by atoms with van der Waals surface area (Å²) in [6.07, 6.45) is 1.71. The first kappa shape index (κ1) is 17.8. The van der Waals surface area contributed by atoms with Crippen LogP contribution in [0.2, 0.25) is 0 Å². The van der Waals surface area contributed by atoms with Gasteiger partial charge in [0.25, 0.3) is 0 Å². The Balaban J connectivity index is 1.54. The number of benzene rings is 2. The SMILES string of the molecule is N#Cc1ccc2c(c1)C1(COc3cc4c(cc31)OCCO4)C(=O)N2Cc1ccccn1. The van der Waals surface area contributed by atoms with Gasteiger partial charge in [0, 0.05) is 29.1 Å². The molecule has 3 aromatic rings. The maximum absolute atomic E-state index is 14.0. The zero-order valence-electron chi connectivity index (χ0n) is 16.5. The molecule has 0 fully saturated rings. The number of fused-ring (bicyclic) bond motifs is 5. The van der Waals surface area contributed by atoms with E-state index in [0.29, 0.717) is 42.6 Å². The topological polar surface area (TPSA) is 84.7 Å². The first-order chi connectivity index (χ1) is 15.2. The van der Waals surface area contributed by atoms with E-state index in [1.54, 1.807) is 29.3 Å². The molecular formula is C24H17N3O4. The van der Waals surface area contributed by atoms with E-state index in [9.17, 15) is 10.1 Å². The molecule has 7 heteroatoms.